The molecule has 1 aliphatic heterocycles. The van der Waals surface area contributed by atoms with E-state index in [1.165, 1.54) is 89.9 Å². The summed E-state index contributed by atoms with van der Waals surface area (Å²) in [7, 11) is 0. The number of carbonyl (C=O) groups excluding carboxylic acids is 2. The molecule has 8 atom stereocenters. The SMILES string of the molecule is CC/C=C\C/C=C\C/C=C\C/C=C\C/C=C\C/C=C\CCCC(O)C(=O)NC(COC1OC(CO)C(O)C(O)C1OC(=O)CCCCCCCCCCC/C=C\C/C=C\CCCCC)C(O)/C=C/CCCCCCCCCCC. The van der Waals surface area contributed by atoms with Crippen LogP contribution in [0.3, 0.4) is 0 Å². The zero-order valence-electron chi connectivity index (χ0n) is 50.0. The van der Waals surface area contributed by atoms with E-state index in [-0.39, 0.29) is 19.4 Å². The van der Waals surface area contributed by atoms with Gasteiger partial charge in [-0.2, -0.15) is 0 Å². The number of rotatable bonds is 52. The number of amides is 1. The second-order valence-electron chi connectivity index (χ2n) is 21.4. The Morgan fingerprint density at radius 1 is 0.506 bits per heavy atom. The van der Waals surface area contributed by atoms with Gasteiger partial charge in [-0.25, -0.2) is 0 Å². The van der Waals surface area contributed by atoms with E-state index in [1.54, 1.807) is 6.08 Å². The first-order valence-electron chi connectivity index (χ1n) is 31.7. The standard InChI is InChI=1S/C68H115NO10/c1-4-7-10-13-16-19-22-24-26-28-30-32-33-35-37-40-43-46-49-52-55-61(72)67(76)69-59(60(71)54-51-48-45-42-39-21-18-15-12-9-6-3)58-77-68-66(65(75)64(74)62(57-70)78-68)79-63(73)56-53-50-47-44-41-38-36-34-31-29-27-25-23-20-17-14-11-8-5-2/h7,10,16-17,19-20,24-27,30,32,35,37,43,46,51,54,59-62,64-66,68,70-72,74-75H,4-6,8-9,11-15,18,21-23,28-29,31,33-34,36,38-42,44-45,47-50,52-53,55-58H2,1-3H3,(H,69,76)/b10-7-,19-16-,20-17-,26-24-,27-25-,32-30-,37-35-,46-43-,54-51+. The third-order valence-corrected chi connectivity index (χ3v) is 14.2. The average Bonchev–Trinajstić information content (AvgIpc) is 3.45. The predicted octanol–water partition coefficient (Wildman–Crippen LogP) is 15.3. The molecule has 79 heavy (non-hydrogen) atoms. The minimum Gasteiger partial charge on any atom is -0.454 e. The van der Waals surface area contributed by atoms with Crippen molar-refractivity contribution < 1.29 is 49.3 Å². The fraction of sp³-hybridized carbons (Fsp3) is 0.706. The number of nitrogens with one attached hydrogen (secondary N) is 1. The molecule has 0 spiro atoms. The van der Waals surface area contributed by atoms with Crippen molar-refractivity contribution in [2.75, 3.05) is 13.2 Å². The lowest BCUT2D eigenvalue weighted by Crippen LogP contribution is -2.61. The van der Waals surface area contributed by atoms with Crippen molar-refractivity contribution in [2.45, 2.75) is 294 Å². The number of aliphatic hydroxyl groups is 5. The molecule has 0 bridgehead atoms. The monoisotopic (exact) mass is 1110 g/mol. The Kier molecular flexibility index (Phi) is 50.9. The van der Waals surface area contributed by atoms with Crippen molar-refractivity contribution in [2.24, 2.45) is 0 Å². The Balaban J connectivity index is 2.69. The van der Waals surface area contributed by atoms with Gasteiger partial charge in [0.25, 0.3) is 0 Å². The second kappa shape index (κ2) is 54.9. The number of unbranched alkanes of at least 4 members (excludes halogenated alkanes) is 22. The van der Waals surface area contributed by atoms with Crippen molar-refractivity contribution in [3.05, 3.63) is 109 Å². The number of ether oxygens (including phenoxy) is 3. The number of esters is 1. The van der Waals surface area contributed by atoms with Crippen molar-refractivity contribution in [1.29, 1.82) is 0 Å². The minimum absolute atomic E-state index is 0.108. The molecule has 1 rings (SSSR count). The lowest BCUT2D eigenvalue weighted by atomic mass is 9.99. The third kappa shape index (κ3) is 42.8. The Morgan fingerprint density at radius 3 is 1.39 bits per heavy atom. The fourth-order valence-electron chi connectivity index (χ4n) is 9.16. The van der Waals surface area contributed by atoms with Crippen LogP contribution in [-0.4, -0.2) is 99.6 Å². The highest BCUT2D eigenvalue weighted by Gasteiger charge is 2.47. The first kappa shape index (κ1) is 73.3. The van der Waals surface area contributed by atoms with E-state index in [4.69, 9.17) is 14.2 Å². The molecular formula is C68H115NO10. The highest BCUT2D eigenvalue weighted by atomic mass is 16.7. The van der Waals surface area contributed by atoms with Crippen LogP contribution in [0.1, 0.15) is 245 Å². The van der Waals surface area contributed by atoms with Gasteiger partial charge in [-0.3, -0.25) is 9.59 Å². The molecule has 0 aliphatic carbocycles. The summed E-state index contributed by atoms with van der Waals surface area (Å²) < 4.78 is 17.6. The number of carbonyl (C=O) groups is 2. The van der Waals surface area contributed by atoms with E-state index in [9.17, 15) is 35.1 Å². The second-order valence-corrected chi connectivity index (χ2v) is 21.4. The number of hydrogen-bond donors (Lipinski definition) is 6. The van der Waals surface area contributed by atoms with Gasteiger partial charge >= 0.3 is 5.97 Å². The first-order valence-corrected chi connectivity index (χ1v) is 31.7. The molecule has 1 heterocycles. The summed E-state index contributed by atoms with van der Waals surface area (Å²) in [5, 5.41) is 56.9. The summed E-state index contributed by atoms with van der Waals surface area (Å²) in [5.41, 5.74) is 0. The van der Waals surface area contributed by atoms with Crippen LogP contribution in [0.5, 0.6) is 0 Å². The Morgan fingerprint density at radius 2 is 0.911 bits per heavy atom. The number of aliphatic hydroxyl groups excluding tert-OH is 5. The zero-order valence-corrected chi connectivity index (χ0v) is 50.0. The molecule has 11 nitrogen and oxygen atoms in total. The Bertz CT molecular complexity index is 1700. The topological polar surface area (TPSA) is 175 Å². The predicted molar refractivity (Wildman–Crippen MR) is 328 cm³/mol. The average molecular weight is 1110 g/mol. The van der Waals surface area contributed by atoms with Crippen molar-refractivity contribution in [3.8, 4) is 0 Å². The van der Waals surface area contributed by atoms with Crippen LogP contribution in [0.15, 0.2) is 109 Å². The van der Waals surface area contributed by atoms with E-state index in [0.717, 1.165) is 103 Å². The van der Waals surface area contributed by atoms with E-state index in [1.807, 2.05) is 12.2 Å². The molecule has 1 saturated heterocycles. The van der Waals surface area contributed by atoms with Gasteiger partial charge in [0.15, 0.2) is 12.4 Å². The van der Waals surface area contributed by atoms with E-state index in [0.29, 0.717) is 19.3 Å². The molecule has 8 unspecified atom stereocenters. The molecule has 452 valence electrons. The molecule has 1 aliphatic rings. The molecule has 6 N–H and O–H groups in total. The molecule has 0 radical (unpaired) electrons. The Hall–Kier alpha value is -3.68. The first-order chi connectivity index (χ1) is 38.7. The van der Waals surface area contributed by atoms with Gasteiger partial charge in [0.2, 0.25) is 5.91 Å². The van der Waals surface area contributed by atoms with Crippen LogP contribution < -0.4 is 5.32 Å². The molecule has 0 aromatic rings. The highest BCUT2D eigenvalue weighted by Crippen LogP contribution is 2.26. The molecule has 0 saturated carbocycles. The van der Waals surface area contributed by atoms with Gasteiger partial charge in [-0.1, -0.05) is 239 Å². The van der Waals surface area contributed by atoms with Crippen molar-refractivity contribution in [3.63, 3.8) is 0 Å². The van der Waals surface area contributed by atoms with Crippen LogP contribution in [-0.2, 0) is 23.8 Å². The van der Waals surface area contributed by atoms with Gasteiger partial charge < -0.3 is 45.1 Å². The summed E-state index contributed by atoms with van der Waals surface area (Å²) in [6.07, 6.45) is 64.1. The van der Waals surface area contributed by atoms with Crippen LogP contribution in [0.25, 0.3) is 0 Å². The summed E-state index contributed by atoms with van der Waals surface area (Å²) in [6, 6.07) is -1.05. The number of hydrogen-bond acceptors (Lipinski definition) is 10. The zero-order chi connectivity index (χ0) is 57.5. The molecule has 0 aromatic carbocycles. The van der Waals surface area contributed by atoms with E-state index < -0.39 is 67.4 Å². The molecule has 0 aromatic heterocycles. The quantitative estimate of drug-likeness (QED) is 0.0195. The summed E-state index contributed by atoms with van der Waals surface area (Å²) in [5.74, 6) is -1.25. The lowest BCUT2D eigenvalue weighted by Gasteiger charge is -2.41. The van der Waals surface area contributed by atoms with Gasteiger partial charge in [-0.05, 0) is 109 Å². The maximum atomic E-state index is 13.4. The minimum atomic E-state index is -1.63. The van der Waals surface area contributed by atoms with Crippen molar-refractivity contribution >= 4 is 11.9 Å². The molecule has 11 heteroatoms. The highest BCUT2D eigenvalue weighted by molar-refractivity contribution is 5.80. The lowest BCUT2D eigenvalue weighted by molar-refractivity contribution is -0.305. The molecular weight excluding hydrogens is 991 g/mol. The number of allylic oxidation sites excluding steroid dienone is 17. The van der Waals surface area contributed by atoms with Crippen LogP contribution in [0.4, 0.5) is 0 Å². The van der Waals surface area contributed by atoms with E-state index >= 15 is 0 Å². The summed E-state index contributed by atoms with van der Waals surface area (Å²) >= 11 is 0. The van der Waals surface area contributed by atoms with Crippen LogP contribution >= 0.6 is 0 Å². The van der Waals surface area contributed by atoms with Gasteiger partial charge in [0.1, 0.15) is 24.4 Å². The third-order valence-electron chi connectivity index (χ3n) is 14.2. The smallest absolute Gasteiger partial charge is 0.306 e. The maximum Gasteiger partial charge on any atom is 0.306 e. The van der Waals surface area contributed by atoms with Gasteiger partial charge in [0.05, 0.1) is 25.4 Å². The van der Waals surface area contributed by atoms with Gasteiger partial charge in [0, 0.05) is 6.42 Å². The van der Waals surface area contributed by atoms with Crippen LogP contribution in [0, 0.1) is 0 Å². The van der Waals surface area contributed by atoms with Gasteiger partial charge in [-0.15, -0.1) is 0 Å². The largest absolute Gasteiger partial charge is 0.454 e. The van der Waals surface area contributed by atoms with E-state index in [2.05, 4.69) is 117 Å². The van der Waals surface area contributed by atoms with Crippen LogP contribution in [0.2, 0.25) is 0 Å². The molecule has 1 amide bonds. The normalized spacial score (nSPS) is 19.6. The molecule has 1 fully saturated rings. The van der Waals surface area contributed by atoms with Crippen molar-refractivity contribution in [1.82, 2.24) is 5.32 Å². The summed E-state index contributed by atoms with van der Waals surface area (Å²) in [6.45, 7) is 5.61. The fourth-order valence-corrected chi connectivity index (χ4v) is 9.16. The Labute approximate surface area is 481 Å². The maximum absolute atomic E-state index is 13.4. The summed E-state index contributed by atoms with van der Waals surface area (Å²) in [4.78, 5) is 26.5.